The first-order chi connectivity index (χ1) is 8.22. The second-order valence-electron chi connectivity index (χ2n) is 3.22. The van der Waals surface area contributed by atoms with Crippen LogP contribution in [0.15, 0.2) is 24.3 Å². The SMILES string of the molecule is COCCONCC(=O)Nc1ccc(F)cc1. The Hall–Kier alpha value is -1.50. The predicted molar refractivity (Wildman–Crippen MR) is 60.9 cm³/mol. The number of hydrogen-bond acceptors (Lipinski definition) is 4. The van der Waals surface area contributed by atoms with Crippen LogP contribution in [0.1, 0.15) is 0 Å². The molecule has 0 radical (unpaired) electrons. The molecule has 1 amide bonds. The Kier molecular flexibility index (Phi) is 6.16. The van der Waals surface area contributed by atoms with Crippen LogP contribution in [-0.2, 0) is 14.4 Å². The number of halogens is 1. The van der Waals surface area contributed by atoms with Crippen molar-refractivity contribution in [3.8, 4) is 0 Å². The van der Waals surface area contributed by atoms with Crippen LogP contribution in [0, 0.1) is 5.82 Å². The van der Waals surface area contributed by atoms with Gasteiger partial charge in [0.05, 0.1) is 13.2 Å². The van der Waals surface area contributed by atoms with Gasteiger partial charge in [0, 0.05) is 12.8 Å². The predicted octanol–water partition coefficient (Wildman–Crippen LogP) is 0.932. The number of benzene rings is 1. The lowest BCUT2D eigenvalue weighted by Gasteiger charge is -2.06. The molecule has 0 saturated carbocycles. The number of nitrogens with one attached hydrogen (secondary N) is 2. The van der Waals surface area contributed by atoms with Gasteiger partial charge in [-0.25, -0.2) is 4.39 Å². The van der Waals surface area contributed by atoms with Crippen LogP contribution < -0.4 is 10.8 Å². The van der Waals surface area contributed by atoms with E-state index in [0.717, 1.165) is 0 Å². The van der Waals surface area contributed by atoms with E-state index in [-0.39, 0.29) is 18.3 Å². The van der Waals surface area contributed by atoms with Crippen molar-refractivity contribution in [2.75, 3.05) is 32.2 Å². The van der Waals surface area contributed by atoms with E-state index in [2.05, 4.69) is 10.8 Å². The first-order valence-corrected chi connectivity index (χ1v) is 5.11. The number of ether oxygens (including phenoxy) is 1. The molecule has 0 aliphatic rings. The summed E-state index contributed by atoms with van der Waals surface area (Å²) in [4.78, 5) is 16.3. The van der Waals surface area contributed by atoms with E-state index in [1.165, 1.54) is 24.3 Å². The molecule has 2 N–H and O–H groups in total. The largest absolute Gasteiger partial charge is 0.382 e. The zero-order chi connectivity index (χ0) is 12.5. The van der Waals surface area contributed by atoms with Crippen molar-refractivity contribution in [2.45, 2.75) is 0 Å². The number of methoxy groups -OCH3 is 1. The summed E-state index contributed by atoms with van der Waals surface area (Å²) in [6, 6.07) is 5.52. The standard InChI is InChI=1S/C11H15FN2O3/c1-16-6-7-17-13-8-11(15)14-10-4-2-9(12)3-5-10/h2-5,13H,6-8H2,1H3,(H,14,15). The molecule has 0 heterocycles. The zero-order valence-corrected chi connectivity index (χ0v) is 9.53. The lowest BCUT2D eigenvalue weighted by molar-refractivity contribution is -0.118. The molecule has 0 aliphatic carbocycles. The summed E-state index contributed by atoms with van der Waals surface area (Å²) in [5.41, 5.74) is 3.02. The van der Waals surface area contributed by atoms with Crippen molar-refractivity contribution in [1.29, 1.82) is 0 Å². The molecular weight excluding hydrogens is 227 g/mol. The minimum absolute atomic E-state index is 0.0150. The van der Waals surface area contributed by atoms with Crippen LogP contribution in [0.3, 0.4) is 0 Å². The first-order valence-electron chi connectivity index (χ1n) is 5.11. The molecule has 1 aromatic rings. The molecular formula is C11H15FN2O3. The second-order valence-corrected chi connectivity index (χ2v) is 3.22. The Morgan fingerprint density at radius 3 is 2.65 bits per heavy atom. The smallest absolute Gasteiger partial charge is 0.240 e. The van der Waals surface area contributed by atoms with Gasteiger partial charge in [-0.2, -0.15) is 5.48 Å². The van der Waals surface area contributed by atoms with E-state index < -0.39 is 0 Å². The maximum absolute atomic E-state index is 12.6. The Labute approximate surface area is 98.9 Å². The van der Waals surface area contributed by atoms with Crippen molar-refractivity contribution in [2.24, 2.45) is 0 Å². The lowest BCUT2D eigenvalue weighted by atomic mass is 10.3. The second kappa shape index (κ2) is 7.72. The van der Waals surface area contributed by atoms with Crippen LogP contribution >= 0.6 is 0 Å². The molecule has 1 rings (SSSR count). The van der Waals surface area contributed by atoms with Crippen LogP contribution in [0.5, 0.6) is 0 Å². The van der Waals surface area contributed by atoms with Crippen LogP contribution in [0.25, 0.3) is 0 Å². The summed E-state index contributed by atoms with van der Waals surface area (Å²) in [5, 5.41) is 2.58. The summed E-state index contributed by atoms with van der Waals surface area (Å²) < 4.78 is 17.3. The minimum atomic E-state index is -0.343. The fourth-order valence-electron chi connectivity index (χ4n) is 1.05. The maximum atomic E-state index is 12.6. The number of amides is 1. The Morgan fingerprint density at radius 1 is 1.29 bits per heavy atom. The minimum Gasteiger partial charge on any atom is -0.382 e. The van der Waals surface area contributed by atoms with Gasteiger partial charge in [-0.1, -0.05) is 0 Å². The third-order valence-corrected chi connectivity index (χ3v) is 1.85. The van der Waals surface area contributed by atoms with Gasteiger partial charge >= 0.3 is 0 Å². The third kappa shape index (κ3) is 5.96. The number of anilines is 1. The average molecular weight is 242 g/mol. The summed E-state index contributed by atoms with van der Waals surface area (Å²) in [6.07, 6.45) is 0. The maximum Gasteiger partial charge on any atom is 0.240 e. The van der Waals surface area contributed by atoms with Crippen molar-refractivity contribution >= 4 is 11.6 Å². The molecule has 94 valence electrons. The molecule has 6 heteroatoms. The Bertz CT molecular complexity index is 343. The van der Waals surface area contributed by atoms with Gasteiger partial charge in [-0.05, 0) is 24.3 Å². The van der Waals surface area contributed by atoms with E-state index in [9.17, 15) is 9.18 Å². The lowest BCUT2D eigenvalue weighted by Crippen LogP contribution is -2.29. The van der Waals surface area contributed by atoms with Crippen LogP contribution in [0.4, 0.5) is 10.1 Å². The van der Waals surface area contributed by atoms with Crippen molar-refractivity contribution in [1.82, 2.24) is 5.48 Å². The summed E-state index contributed by atoms with van der Waals surface area (Å²) >= 11 is 0. The number of rotatable bonds is 7. The fraction of sp³-hybridized carbons (Fsp3) is 0.364. The van der Waals surface area contributed by atoms with E-state index in [1.807, 2.05) is 0 Å². The van der Waals surface area contributed by atoms with Gasteiger partial charge in [0.2, 0.25) is 5.91 Å². The van der Waals surface area contributed by atoms with Crippen molar-refractivity contribution < 1.29 is 18.8 Å². The summed E-state index contributed by atoms with van der Waals surface area (Å²) in [7, 11) is 1.56. The molecule has 0 aliphatic heterocycles. The highest BCUT2D eigenvalue weighted by Gasteiger charge is 2.01. The normalized spacial score (nSPS) is 10.2. The van der Waals surface area contributed by atoms with Gasteiger partial charge in [0.15, 0.2) is 0 Å². The van der Waals surface area contributed by atoms with Crippen molar-refractivity contribution in [3.63, 3.8) is 0 Å². The quantitative estimate of drug-likeness (QED) is 0.551. The highest BCUT2D eigenvalue weighted by Crippen LogP contribution is 2.07. The molecule has 0 fully saturated rings. The Morgan fingerprint density at radius 2 is 2.00 bits per heavy atom. The number of hydrogen-bond donors (Lipinski definition) is 2. The van der Waals surface area contributed by atoms with Gasteiger partial charge in [-0.15, -0.1) is 0 Å². The van der Waals surface area contributed by atoms with E-state index in [0.29, 0.717) is 18.9 Å². The van der Waals surface area contributed by atoms with Crippen LogP contribution in [-0.4, -0.2) is 32.8 Å². The van der Waals surface area contributed by atoms with Gasteiger partial charge < -0.3 is 10.1 Å². The summed E-state index contributed by atoms with van der Waals surface area (Å²) in [6.45, 7) is 0.827. The first kappa shape index (κ1) is 13.6. The highest BCUT2D eigenvalue weighted by molar-refractivity contribution is 5.92. The number of carbonyl (C=O) groups excluding carboxylic acids is 1. The van der Waals surface area contributed by atoms with Gasteiger partial charge in [0.1, 0.15) is 12.4 Å². The molecule has 0 saturated heterocycles. The van der Waals surface area contributed by atoms with Crippen molar-refractivity contribution in [3.05, 3.63) is 30.1 Å². The molecule has 5 nitrogen and oxygen atoms in total. The molecule has 1 aromatic carbocycles. The van der Waals surface area contributed by atoms with E-state index in [1.54, 1.807) is 7.11 Å². The molecule has 0 spiro atoms. The molecule has 17 heavy (non-hydrogen) atoms. The van der Waals surface area contributed by atoms with E-state index >= 15 is 0 Å². The molecule has 0 aromatic heterocycles. The summed E-state index contributed by atoms with van der Waals surface area (Å²) in [5.74, 6) is -0.613. The fourth-order valence-corrected chi connectivity index (χ4v) is 1.05. The number of hydroxylamine groups is 1. The average Bonchev–Trinajstić information content (AvgIpc) is 2.32. The molecule has 0 atom stereocenters. The third-order valence-electron chi connectivity index (χ3n) is 1.85. The highest BCUT2D eigenvalue weighted by atomic mass is 19.1. The topological polar surface area (TPSA) is 59.6 Å². The van der Waals surface area contributed by atoms with Gasteiger partial charge in [0.25, 0.3) is 0 Å². The van der Waals surface area contributed by atoms with Crippen LogP contribution in [0.2, 0.25) is 0 Å². The Balaban J connectivity index is 2.18. The van der Waals surface area contributed by atoms with E-state index in [4.69, 9.17) is 9.57 Å². The molecule has 0 bridgehead atoms. The van der Waals surface area contributed by atoms with Gasteiger partial charge in [-0.3, -0.25) is 9.63 Å². The zero-order valence-electron chi connectivity index (χ0n) is 9.53. The monoisotopic (exact) mass is 242 g/mol. The number of carbonyl (C=O) groups is 1. The molecule has 0 unspecified atom stereocenters.